The number of amides is 1. The van der Waals surface area contributed by atoms with E-state index in [-0.39, 0.29) is 6.04 Å². The van der Waals surface area contributed by atoms with Crippen LogP contribution in [0.25, 0.3) is 0 Å². The highest BCUT2D eigenvalue weighted by Gasteiger charge is 2.32. The molecule has 0 aliphatic carbocycles. The normalized spacial score (nSPS) is 25.3. The van der Waals surface area contributed by atoms with Gasteiger partial charge in [-0.15, -0.1) is 0 Å². The molecule has 0 aromatic rings. The molecule has 0 bridgehead atoms. The quantitative estimate of drug-likeness (QED) is 0.783. The molecule has 5 nitrogen and oxygen atoms in total. The Bertz CT molecular complexity index is 307. The van der Waals surface area contributed by atoms with E-state index in [4.69, 9.17) is 0 Å². The van der Waals surface area contributed by atoms with Gasteiger partial charge in [0.05, 0.1) is 6.04 Å². The lowest BCUT2D eigenvalue weighted by atomic mass is 10.0. The zero-order valence-corrected chi connectivity index (χ0v) is 13.3. The minimum Gasteiger partial charge on any atom is -0.337 e. The molecular formula is C15H30N4O. The molecule has 20 heavy (non-hydrogen) atoms. The third-order valence-electron chi connectivity index (χ3n) is 4.56. The number of nitrogens with one attached hydrogen (secondary N) is 1. The first-order valence-electron chi connectivity index (χ1n) is 7.95. The van der Waals surface area contributed by atoms with Crippen LogP contribution in [0.15, 0.2) is 0 Å². The predicted molar refractivity (Wildman–Crippen MR) is 81.8 cm³/mol. The number of likely N-dealkylation sites (N-methyl/N-ethyl adjacent to an activating group) is 1. The number of hydrogen-bond acceptors (Lipinski definition) is 4. The molecule has 2 saturated heterocycles. The third-order valence-corrected chi connectivity index (χ3v) is 4.56. The van der Waals surface area contributed by atoms with Gasteiger partial charge >= 0.3 is 0 Å². The third kappa shape index (κ3) is 4.17. The molecule has 116 valence electrons. The Morgan fingerprint density at radius 1 is 1.20 bits per heavy atom. The molecule has 2 fully saturated rings. The lowest BCUT2D eigenvalue weighted by Crippen LogP contribution is -2.53. The first-order chi connectivity index (χ1) is 9.58. The first kappa shape index (κ1) is 15.7. The minimum absolute atomic E-state index is 0.0665. The smallest absolute Gasteiger partial charge is 0.240 e. The number of nitrogens with zero attached hydrogens (tertiary/aromatic N) is 3. The molecule has 1 atom stereocenters. The molecular weight excluding hydrogens is 252 g/mol. The maximum Gasteiger partial charge on any atom is 0.240 e. The van der Waals surface area contributed by atoms with Crippen LogP contribution in [0.1, 0.15) is 25.7 Å². The van der Waals surface area contributed by atoms with Gasteiger partial charge in [-0.25, -0.2) is 0 Å². The SMILES string of the molecule is CN(C)CCN(C(=O)C1CCCN1)C1CCN(C)CC1. The zero-order chi connectivity index (χ0) is 14.5. The number of carbonyl (C=O) groups excluding carboxylic acids is 1. The second kappa shape index (κ2) is 7.38. The monoisotopic (exact) mass is 282 g/mol. The van der Waals surface area contributed by atoms with E-state index >= 15 is 0 Å². The van der Waals surface area contributed by atoms with Crippen molar-refractivity contribution in [1.82, 2.24) is 20.0 Å². The summed E-state index contributed by atoms with van der Waals surface area (Å²) in [6.07, 6.45) is 4.36. The Hall–Kier alpha value is -0.650. The lowest BCUT2D eigenvalue weighted by molar-refractivity contribution is -0.136. The molecule has 1 N–H and O–H groups in total. The van der Waals surface area contributed by atoms with E-state index in [1.807, 2.05) is 0 Å². The summed E-state index contributed by atoms with van der Waals surface area (Å²) in [6, 6.07) is 0.498. The van der Waals surface area contributed by atoms with Crippen molar-refractivity contribution in [2.24, 2.45) is 0 Å². The van der Waals surface area contributed by atoms with Gasteiger partial charge < -0.3 is 20.0 Å². The van der Waals surface area contributed by atoms with Gasteiger partial charge in [0.25, 0.3) is 0 Å². The largest absolute Gasteiger partial charge is 0.337 e. The Kier molecular flexibility index (Phi) is 5.81. The first-order valence-corrected chi connectivity index (χ1v) is 7.95. The van der Waals surface area contributed by atoms with Crippen molar-refractivity contribution in [3.05, 3.63) is 0 Å². The molecule has 0 aromatic carbocycles. The van der Waals surface area contributed by atoms with Gasteiger partial charge in [0.15, 0.2) is 0 Å². The van der Waals surface area contributed by atoms with Crippen LogP contribution in [0.2, 0.25) is 0 Å². The summed E-state index contributed by atoms with van der Waals surface area (Å²) in [7, 11) is 6.32. The Balaban J connectivity index is 1.97. The molecule has 0 aromatic heterocycles. The maximum atomic E-state index is 12.8. The average molecular weight is 282 g/mol. The molecule has 5 heteroatoms. The van der Waals surface area contributed by atoms with Crippen molar-refractivity contribution in [3.63, 3.8) is 0 Å². The fourth-order valence-electron chi connectivity index (χ4n) is 3.18. The number of hydrogen-bond donors (Lipinski definition) is 1. The summed E-state index contributed by atoms with van der Waals surface area (Å²) >= 11 is 0. The van der Waals surface area contributed by atoms with Gasteiger partial charge in [0, 0.05) is 19.1 Å². The highest BCUT2D eigenvalue weighted by molar-refractivity contribution is 5.82. The number of rotatable bonds is 5. The summed E-state index contributed by atoms with van der Waals surface area (Å²) in [5.74, 6) is 0.332. The van der Waals surface area contributed by atoms with Crippen LogP contribution in [0.5, 0.6) is 0 Å². The van der Waals surface area contributed by atoms with E-state index in [2.05, 4.69) is 41.2 Å². The molecule has 2 aliphatic rings. The molecule has 1 unspecified atom stereocenters. The van der Waals surface area contributed by atoms with Crippen molar-refractivity contribution in [2.75, 3.05) is 53.9 Å². The predicted octanol–water partition coefficient (Wildman–Crippen LogP) is 0.223. The van der Waals surface area contributed by atoms with Crippen LogP contribution in [0.4, 0.5) is 0 Å². The number of likely N-dealkylation sites (tertiary alicyclic amines) is 1. The summed E-state index contributed by atoms with van der Waals surface area (Å²) < 4.78 is 0. The maximum absolute atomic E-state index is 12.8. The molecule has 0 saturated carbocycles. The Morgan fingerprint density at radius 3 is 2.45 bits per heavy atom. The molecule has 2 heterocycles. The van der Waals surface area contributed by atoms with Gasteiger partial charge in [-0.3, -0.25) is 4.79 Å². The molecule has 2 rings (SSSR count). The van der Waals surface area contributed by atoms with Crippen LogP contribution in [0.3, 0.4) is 0 Å². The second-order valence-corrected chi connectivity index (χ2v) is 6.52. The van der Waals surface area contributed by atoms with Crippen LogP contribution in [-0.2, 0) is 4.79 Å². The fraction of sp³-hybridized carbons (Fsp3) is 0.933. The van der Waals surface area contributed by atoms with Crippen LogP contribution >= 0.6 is 0 Å². The summed E-state index contributed by atoms with van der Waals surface area (Å²) in [4.78, 5) is 19.5. The van der Waals surface area contributed by atoms with E-state index in [1.54, 1.807) is 0 Å². The standard InChI is InChI=1S/C15H30N4O/c1-17(2)11-12-19(13-6-9-18(3)10-7-13)15(20)14-5-4-8-16-14/h13-14,16H,4-12H2,1-3H3. The van der Waals surface area contributed by atoms with Crippen LogP contribution in [0, 0.1) is 0 Å². The van der Waals surface area contributed by atoms with Crippen molar-refractivity contribution in [3.8, 4) is 0 Å². The summed E-state index contributed by atoms with van der Waals surface area (Å²) in [6.45, 7) is 5.01. The van der Waals surface area contributed by atoms with Crippen molar-refractivity contribution in [2.45, 2.75) is 37.8 Å². The van der Waals surface area contributed by atoms with Gasteiger partial charge in [-0.2, -0.15) is 0 Å². The van der Waals surface area contributed by atoms with E-state index in [0.717, 1.165) is 58.4 Å². The van der Waals surface area contributed by atoms with Gasteiger partial charge in [-0.05, 0) is 66.5 Å². The fourth-order valence-corrected chi connectivity index (χ4v) is 3.18. The van der Waals surface area contributed by atoms with Crippen molar-refractivity contribution in [1.29, 1.82) is 0 Å². The topological polar surface area (TPSA) is 38.8 Å². The molecule has 1 amide bonds. The van der Waals surface area contributed by atoms with Gasteiger partial charge in [0.2, 0.25) is 5.91 Å². The average Bonchev–Trinajstić information content (AvgIpc) is 2.94. The van der Waals surface area contributed by atoms with E-state index in [9.17, 15) is 4.79 Å². The van der Waals surface area contributed by atoms with Gasteiger partial charge in [-0.1, -0.05) is 0 Å². The molecule has 2 aliphatic heterocycles. The number of carbonyl (C=O) groups is 1. The van der Waals surface area contributed by atoms with Gasteiger partial charge in [0.1, 0.15) is 0 Å². The zero-order valence-electron chi connectivity index (χ0n) is 13.3. The van der Waals surface area contributed by atoms with E-state index in [1.165, 1.54) is 0 Å². The molecule has 0 radical (unpaired) electrons. The number of piperidine rings is 1. The summed E-state index contributed by atoms with van der Waals surface area (Å²) in [5, 5.41) is 3.36. The highest BCUT2D eigenvalue weighted by Crippen LogP contribution is 2.18. The summed E-state index contributed by atoms with van der Waals surface area (Å²) in [5.41, 5.74) is 0. The van der Waals surface area contributed by atoms with E-state index < -0.39 is 0 Å². The van der Waals surface area contributed by atoms with Crippen LogP contribution in [-0.4, -0.2) is 86.6 Å². The second-order valence-electron chi connectivity index (χ2n) is 6.52. The minimum atomic E-state index is 0.0665. The highest BCUT2D eigenvalue weighted by atomic mass is 16.2. The van der Waals surface area contributed by atoms with Crippen LogP contribution < -0.4 is 5.32 Å². The Labute approximate surface area is 123 Å². The van der Waals surface area contributed by atoms with Crippen molar-refractivity contribution >= 4 is 5.91 Å². The lowest BCUT2D eigenvalue weighted by Gasteiger charge is -2.39. The Morgan fingerprint density at radius 2 is 1.90 bits per heavy atom. The van der Waals surface area contributed by atoms with Crippen molar-refractivity contribution < 1.29 is 4.79 Å². The molecule has 0 spiro atoms. The van der Waals surface area contributed by atoms with E-state index in [0.29, 0.717) is 11.9 Å².